The van der Waals surface area contributed by atoms with Gasteiger partial charge in [-0.3, -0.25) is 0 Å². The molecule has 0 spiro atoms. The minimum atomic E-state index is 0.347. The van der Waals surface area contributed by atoms with Crippen molar-refractivity contribution >= 4 is 0 Å². The van der Waals surface area contributed by atoms with Gasteiger partial charge in [-0.1, -0.05) is 0 Å². The van der Waals surface area contributed by atoms with Crippen LogP contribution in [0.2, 0.25) is 0 Å². The molecule has 1 aromatic rings. The molecule has 3 nitrogen and oxygen atoms in total. The summed E-state index contributed by atoms with van der Waals surface area (Å²) in [6.45, 7) is 1.81. The Bertz CT molecular complexity index is 290. The van der Waals surface area contributed by atoms with Crippen LogP contribution in [0.15, 0.2) is 6.07 Å². The van der Waals surface area contributed by atoms with Gasteiger partial charge in [-0.25, -0.2) is 0 Å². The monoisotopic (exact) mass is 131 g/mol. The van der Waals surface area contributed by atoms with Crippen molar-refractivity contribution in [3.63, 3.8) is 0 Å². The van der Waals surface area contributed by atoms with Crippen LogP contribution < -0.4 is 0 Å². The first-order valence-corrected chi connectivity index (χ1v) is 2.77. The minimum Gasteiger partial charge on any atom is -0.349 e. The van der Waals surface area contributed by atoms with Crippen molar-refractivity contribution in [2.75, 3.05) is 0 Å². The highest BCUT2D eigenvalue weighted by atomic mass is 14.7. The van der Waals surface area contributed by atoms with E-state index in [-0.39, 0.29) is 0 Å². The SMILES string of the molecule is Cc1cc(C#N)c(C#N)[nH]1. The van der Waals surface area contributed by atoms with Gasteiger partial charge in [0.1, 0.15) is 17.8 Å². The lowest BCUT2D eigenvalue weighted by Gasteiger charge is -1.77. The molecule has 0 aliphatic heterocycles. The molecule has 1 aromatic heterocycles. The van der Waals surface area contributed by atoms with Crippen LogP contribution in [0.3, 0.4) is 0 Å². The van der Waals surface area contributed by atoms with Gasteiger partial charge in [0.05, 0.1) is 5.56 Å². The topological polar surface area (TPSA) is 63.4 Å². The number of nitriles is 2. The highest BCUT2D eigenvalue weighted by Crippen LogP contribution is 2.06. The number of hydrogen-bond donors (Lipinski definition) is 1. The normalized spacial score (nSPS) is 8.30. The molecule has 0 saturated heterocycles. The van der Waals surface area contributed by atoms with E-state index in [1.807, 2.05) is 19.1 Å². The second-order valence-electron chi connectivity index (χ2n) is 1.96. The van der Waals surface area contributed by atoms with E-state index >= 15 is 0 Å². The molecule has 0 aliphatic rings. The first-order valence-electron chi connectivity index (χ1n) is 2.77. The summed E-state index contributed by atoms with van der Waals surface area (Å²) in [5.41, 5.74) is 1.60. The van der Waals surface area contributed by atoms with E-state index in [4.69, 9.17) is 10.5 Å². The Morgan fingerprint density at radius 1 is 1.40 bits per heavy atom. The van der Waals surface area contributed by atoms with E-state index in [1.165, 1.54) is 0 Å². The number of nitrogens with one attached hydrogen (secondary N) is 1. The lowest BCUT2D eigenvalue weighted by atomic mass is 10.3. The van der Waals surface area contributed by atoms with E-state index in [1.54, 1.807) is 6.07 Å². The Labute approximate surface area is 58.5 Å². The average Bonchev–Trinajstić information content (AvgIpc) is 2.30. The van der Waals surface area contributed by atoms with Gasteiger partial charge in [0.15, 0.2) is 0 Å². The van der Waals surface area contributed by atoms with Gasteiger partial charge in [-0.05, 0) is 13.0 Å². The van der Waals surface area contributed by atoms with Crippen LogP contribution in [0.25, 0.3) is 0 Å². The summed E-state index contributed by atoms with van der Waals surface area (Å²) in [5, 5.41) is 16.9. The van der Waals surface area contributed by atoms with Gasteiger partial charge in [0.2, 0.25) is 0 Å². The quantitative estimate of drug-likeness (QED) is 0.572. The van der Waals surface area contributed by atoms with Gasteiger partial charge in [0.25, 0.3) is 0 Å². The van der Waals surface area contributed by atoms with E-state index < -0.39 is 0 Å². The Morgan fingerprint density at radius 3 is 2.50 bits per heavy atom. The average molecular weight is 131 g/mol. The molecule has 0 amide bonds. The first-order chi connectivity index (χ1) is 4.77. The van der Waals surface area contributed by atoms with E-state index in [9.17, 15) is 0 Å². The maximum atomic E-state index is 8.44. The largest absolute Gasteiger partial charge is 0.349 e. The molecule has 1 heterocycles. The van der Waals surface area contributed by atoms with Crippen LogP contribution in [0.1, 0.15) is 17.0 Å². The molecule has 0 bridgehead atoms. The van der Waals surface area contributed by atoms with Crippen molar-refractivity contribution in [1.82, 2.24) is 4.98 Å². The van der Waals surface area contributed by atoms with Crippen LogP contribution in [0.5, 0.6) is 0 Å². The molecule has 0 aromatic carbocycles. The fraction of sp³-hybridized carbons (Fsp3) is 0.143. The highest BCUT2D eigenvalue weighted by molar-refractivity contribution is 5.43. The summed E-state index contributed by atoms with van der Waals surface area (Å²) >= 11 is 0. The molecule has 48 valence electrons. The van der Waals surface area contributed by atoms with Crippen LogP contribution >= 0.6 is 0 Å². The molecule has 0 fully saturated rings. The summed E-state index contributed by atoms with van der Waals surface area (Å²) in [7, 11) is 0. The van der Waals surface area contributed by atoms with E-state index in [0.29, 0.717) is 11.3 Å². The zero-order chi connectivity index (χ0) is 7.56. The van der Waals surface area contributed by atoms with Crippen molar-refractivity contribution in [2.24, 2.45) is 0 Å². The summed E-state index contributed by atoms with van der Waals surface area (Å²) in [6.07, 6.45) is 0. The molecule has 1 N–H and O–H groups in total. The predicted octanol–water partition coefficient (Wildman–Crippen LogP) is 1.07. The fourth-order valence-corrected chi connectivity index (χ4v) is 0.766. The van der Waals surface area contributed by atoms with Gasteiger partial charge in [0, 0.05) is 5.69 Å². The van der Waals surface area contributed by atoms with Crippen molar-refractivity contribution in [1.29, 1.82) is 10.5 Å². The third-order valence-electron chi connectivity index (χ3n) is 1.18. The standard InChI is InChI=1S/C7H5N3/c1-5-2-6(3-8)7(4-9)10-5/h2,10H,1H3. The number of nitrogens with zero attached hydrogens (tertiary/aromatic N) is 2. The first kappa shape index (κ1) is 6.38. The number of aromatic nitrogens is 1. The second kappa shape index (κ2) is 2.24. The third-order valence-corrected chi connectivity index (χ3v) is 1.18. The number of rotatable bonds is 0. The smallest absolute Gasteiger partial charge is 0.135 e. The van der Waals surface area contributed by atoms with Crippen LogP contribution in [-0.2, 0) is 0 Å². The summed E-state index contributed by atoms with van der Waals surface area (Å²) in [6, 6.07) is 5.45. The molecule has 0 saturated carbocycles. The number of aryl methyl sites for hydroxylation is 1. The molecule has 10 heavy (non-hydrogen) atoms. The number of aromatic amines is 1. The number of H-pyrrole nitrogens is 1. The Morgan fingerprint density at radius 2 is 2.10 bits per heavy atom. The molecule has 0 radical (unpaired) electrons. The summed E-state index contributed by atoms with van der Waals surface area (Å²) in [5.74, 6) is 0. The van der Waals surface area contributed by atoms with Gasteiger partial charge < -0.3 is 4.98 Å². The maximum absolute atomic E-state index is 8.44. The van der Waals surface area contributed by atoms with Crippen molar-refractivity contribution in [2.45, 2.75) is 6.92 Å². The Kier molecular flexibility index (Phi) is 1.43. The van der Waals surface area contributed by atoms with Crippen LogP contribution in [0, 0.1) is 29.6 Å². The lowest BCUT2D eigenvalue weighted by molar-refractivity contribution is 1.23. The lowest BCUT2D eigenvalue weighted by Crippen LogP contribution is -1.76. The molecular weight excluding hydrogens is 126 g/mol. The highest BCUT2D eigenvalue weighted by Gasteiger charge is 2.02. The maximum Gasteiger partial charge on any atom is 0.135 e. The molecule has 0 atom stereocenters. The fourth-order valence-electron chi connectivity index (χ4n) is 0.766. The van der Waals surface area contributed by atoms with Crippen molar-refractivity contribution in [3.05, 3.63) is 23.0 Å². The van der Waals surface area contributed by atoms with Crippen molar-refractivity contribution in [3.8, 4) is 12.1 Å². The zero-order valence-electron chi connectivity index (χ0n) is 5.47. The van der Waals surface area contributed by atoms with Gasteiger partial charge in [-0.15, -0.1) is 0 Å². The van der Waals surface area contributed by atoms with Crippen LogP contribution in [-0.4, -0.2) is 4.98 Å². The van der Waals surface area contributed by atoms with Crippen LogP contribution in [0.4, 0.5) is 0 Å². The molecule has 1 rings (SSSR count). The summed E-state index contributed by atoms with van der Waals surface area (Å²) < 4.78 is 0. The molecule has 3 heteroatoms. The Balaban J connectivity index is 3.28. The van der Waals surface area contributed by atoms with E-state index in [0.717, 1.165) is 5.69 Å². The second-order valence-corrected chi connectivity index (χ2v) is 1.96. The predicted molar refractivity (Wildman–Crippen MR) is 35.0 cm³/mol. The molecule has 0 unspecified atom stereocenters. The van der Waals surface area contributed by atoms with Gasteiger partial charge >= 0.3 is 0 Å². The molecular formula is C7H5N3. The van der Waals surface area contributed by atoms with E-state index in [2.05, 4.69) is 4.98 Å². The van der Waals surface area contributed by atoms with Gasteiger partial charge in [-0.2, -0.15) is 10.5 Å². The molecule has 0 aliphatic carbocycles. The zero-order valence-corrected chi connectivity index (χ0v) is 5.47. The number of hydrogen-bond acceptors (Lipinski definition) is 2. The summed E-state index contributed by atoms with van der Waals surface area (Å²) in [4.78, 5) is 2.76. The third kappa shape index (κ3) is 0.852. The Hall–Kier alpha value is -1.74. The van der Waals surface area contributed by atoms with Crippen molar-refractivity contribution < 1.29 is 0 Å². The minimum absolute atomic E-state index is 0.347.